The minimum Gasteiger partial charge on any atom is -0.367 e. The number of hydrogen-bond donors (Lipinski definition) is 1. The van der Waals surface area contributed by atoms with Gasteiger partial charge in [0.15, 0.2) is 0 Å². The fraction of sp³-hybridized carbons (Fsp3) is 0.345. The molecule has 190 valence electrons. The van der Waals surface area contributed by atoms with Crippen molar-refractivity contribution < 1.29 is 18.0 Å². The van der Waals surface area contributed by atoms with E-state index in [1.807, 2.05) is 18.7 Å². The van der Waals surface area contributed by atoms with Gasteiger partial charge in [-0.15, -0.1) is 0 Å². The molecule has 36 heavy (non-hydrogen) atoms. The summed E-state index contributed by atoms with van der Waals surface area (Å²) in [4.78, 5) is 16.6. The number of nitrogens with one attached hydrogen (secondary N) is 1. The maximum absolute atomic E-state index is 15.0. The summed E-state index contributed by atoms with van der Waals surface area (Å²) in [6.07, 6.45) is 1.48. The number of nitrogens with zero attached hydrogens (tertiary/aromatic N) is 2. The summed E-state index contributed by atoms with van der Waals surface area (Å²) in [5.41, 5.74) is 2.79. The minimum absolute atomic E-state index is 0.0871. The number of carbonyl (C=O) groups is 1. The highest BCUT2D eigenvalue weighted by atomic mass is 19.1. The first-order valence-electron chi connectivity index (χ1n) is 12.5. The molecule has 1 aliphatic heterocycles. The van der Waals surface area contributed by atoms with Crippen LogP contribution in [-0.2, 0) is 4.79 Å². The number of benzene rings is 3. The summed E-state index contributed by atoms with van der Waals surface area (Å²) < 4.78 is 42.2. The van der Waals surface area contributed by atoms with Gasteiger partial charge in [0.05, 0.1) is 11.7 Å². The van der Waals surface area contributed by atoms with E-state index in [0.717, 1.165) is 24.0 Å². The van der Waals surface area contributed by atoms with Crippen LogP contribution in [0.4, 0.5) is 24.5 Å². The van der Waals surface area contributed by atoms with Crippen molar-refractivity contribution in [1.82, 2.24) is 4.90 Å². The number of halogens is 3. The van der Waals surface area contributed by atoms with Crippen molar-refractivity contribution in [3.05, 3.63) is 95.3 Å². The zero-order chi connectivity index (χ0) is 25.7. The van der Waals surface area contributed by atoms with Crippen molar-refractivity contribution >= 4 is 17.3 Å². The van der Waals surface area contributed by atoms with Crippen LogP contribution in [0, 0.1) is 23.4 Å². The lowest BCUT2D eigenvalue weighted by Crippen LogP contribution is -2.48. The Labute approximate surface area is 210 Å². The van der Waals surface area contributed by atoms with Gasteiger partial charge in [-0.1, -0.05) is 38.1 Å². The second kappa shape index (κ2) is 11.6. The average Bonchev–Trinajstić information content (AvgIpc) is 2.88. The smallest absolute Gasteiger partial charge is 0.227 e. The van der Waals surface area contributed by atoms with E-state index in [-0.39, 0.29) is 35.3 Å². The molecule has 0 unspecified atom stereocenters. The van der Waals surface area contributed by atoms with Crippen LogP contribution < -0.4 is 10.2 Å². The zero-order valence-electron chi connectivity index (χ0n) is 20.7. The Morgan fingerprint density at radius 3 is 1.81 bits per heavy atom. The van der Waals surface area contributed by atoms with Crippen molar-refractivity contribution in [3.63, 3.8) is 0 Å². The van der Waals surface area contributed by atoms with Crippen LogP contribution in [0.15, 0.2) is 66.7 Å². The van der Waals surface area contributed by atoms with Crippen molar-refractivity contribution in [2.75, 3.05) is 36.4 Å². The SMILES string of the molecule is CCC(CC)C(=O)Nc1ccc(N2CCN(C(c3ccc(F)cc3)c3ccc(F)cc3)CC2)c(F)c1. The molecule has 1 amide bonds. The van der Waals surface area contributed by atoms with Crippen molar-refractivity contribution in [3.8, 4) is 0 Å². The maximum Gasteiger partial charge on any atom is 0.227 e. The molecule has 1 aliphatic rings. The molecular weight excluding hydrogens is 463 g/mol. The van der Waals surface area contributed by atoms with E-state index < -0.39 is 0 Å². The lowest BCUT2D eigenvalue weighted by molar-refractivity contribution is -0.120. The molecule has 1 heterocycles. The number of carbonyl (C=O) groups excluding carboxylic acids is 1. The molecule has 0 aromatic heterocycles. The van der Waals surface area contributed by atoms with Crippen LogP contribution in [0.1, 0.15) is 43.9 Å². The molecule has 0 atom stereocenters. The van der Waals surface area contributed by atoms with Crippen LogP contribution in [-0.4, -0.2) is 37.0 Å². The van der Waals surface area contributed by atoms with Gasteiger partial charge in [-0.25, -0.2) is 13.2 Å². The van der Waals surface area contributed by atoms with Gasteiger partial charge in [0, 0.05) is 37.8 Å². The minimum atomic E-state index is -0.376. The van der Waals surface area contributed by atoms with Crippen molar-refractivity contribution in [1.29, 1.82) is 0 Å². The monoisotopic (exact) mass is 495 g/mol. The molecule has 1 saturated heterocycles. The molecule has 1 N–H and O–H groups in total. The largest absolute Gasteiger partial charge is 0.367 e. The van der Waals surface area contributed by atoms with Crippen LogP contribution in [0.3, 0.4) is 0 Å². The molecule has 0 bridgehead atoms. The van der Waals surface area contributed by atoms with Crippen molar-refractivity contribution in [2.24, 2.45) is 5.92 Å². The van der Waals surface area contributed by atoms with Gasteiger partial charge in [0.2, 0.25) is 5.91 Å². The lowest BCUT2D eigenvalue weighted by atomic mass is 9.96. The summed E-state index contributed by atoms with van der Waals surface area (Å²) in [5.74, 6) is -1.17. The second-order valence-electron chi connectivity index (χ2n) is 9.20. The van der Waals surface area contributed by atoms with Crippen molar-refractivity contribution in [2.45, 2.75) is 32.7 Å². The number of amides is 1. The van der Waals surface area contributed by atoms with Crippen LogP contribution in [0.5, 0.6) is 0 Å². The fourth-order valence-electron chi connectivity index (χ4n) is 4.87. The summed E-state index contributed by atoms with van der Waals surface area (Å²) in [6, 6.07) is 17.4. The molecule has 0 radical (unpaired) electrons. The first-order chi connectivity index (χ1) is 17.4. The quantitative estimate of drug-likeness (QED) is 0.393. The Bertz CT molecular complexity index is 1110. The van der Waals surface area contributed by atoms with E-state index >= 15 is 4.39 Å². The summed E-state index contributed by atoms with van der Waals surface area (Å²) in [5, 5.41) is 2.82. The molecule has 4 rings (SSSR count). The molecule has 3 aromatic carbocycles. The Hall–Kier alpha value is -3.32. The molecule has 0 spiro atoms. The number of piperazine rings is 1. The second-order valence-corrected chi connectivity index (χ2v) is 9.20. The molecule has 4 nitrogen and oxygen atoms in total. The van der Waals surface area contributed by atoms with E-state index in [1.54, 1.807) is 36.4 Å². The van der Waals surface area contributed by atoms with E-state index in [2.05, 4.69) is 10.2 Å². The summed E-state index contributed by atoms with van der Waals surface area (Å²) in [6.45, 7) is 6.41. The van der Waals surface area contributed by atoms with Gasteiger partial charge < -0.3 is 10.2 Å². The molecule has 3 aromatic rings. The number of hydrogen-bond acceptors (Lipinski definition) is 3. The molecule has 0 saturated carbocycles. The van der Waals surface area contributed by atoms with E-state index in [1.165, 1.54) is 30.3 Å². The van der Waals surface area contributed by atoms with Crippen LogP contribution in [0.25, 0.3) is 0 Å². The highest BCUT2D eigenvalue weighted by molar-refractivity contribution is 5.92. The summed E-state index contributed by atoms with van der Waals surface area (Å²) >= 11 is 0. The van der Waals surface area contributed by atoms with E-state index in [4.69, 9.17) is 0 Å². The third-order valence-electron chi connectivity index (χ3n) is 6.96. The predicted octanol–water partition coefficient (Wildman–Crippen LogP) is 6.39. The highest BCUT2D eigenvalue weighted by Crippen LogP contribution is 2.32. The number of anilines is 2. The molecule has 1 fully saturated rings. The highest BCUT2D eigenvalue weighted by Gasteiger charge is 2.28. The lowest BCUT2D eigenvalue weighted by Gasteiger charge is -2.40. The van der Waals surface area contributed by atoms with Gasteiger partial charge in [0.1, 0.15) is 17.5 Å². The Balaban J connectivity index is 1.47. The van der Waals surface area contributed by atoms with Gasteiger partial charge in [-0.3, -0.25) is 9.69 Å². The van der Waals surface area contributed by atoms with Gasteiger partial charge in [-0.05, 0) is 66.4 Å². The van der Waals surface area contributed by atoms with E-state index in [0.29, 0.717) is 37.6 Å². The standard InChI is InChI=1S/C29H32F3N3O/c1-3-20(4-2)29(36)33-25-13-14-27(26(32)19-25)34-15-17-35(18-16-34)28(21-5-9-23(30)10-6-21)22-7-11-24(31)12-8-22/h5-14,19-20,28H,3-4,15-18H2,1-2H3,(H,33,36). The number of rotatable bonds is 8. The molecule has 7 heteroatoms. The molecule has 0 aliphatic carbocycles. The summed E-state index contributed by atoms with van der Waals surface area (Å²) in [7, 11) is 0. The van der Waals surface area contributed by atoms with Gasteiger partial charge >= 0.3 is 0 Å². The third-order valence-corrected chi connectivity index (χ3v) is 6.96. The first kappa shape index (κ1) is 25.8. The third kappa shape index (κ3) is 5.90. The zero-order valence-corrected chi connectivity index (χ0v) is 20.7. The van der Waals surface area contributed by atoms with Crippen LogP contribution >= 0.6 is 0 Å². The maximum atomic E-state index is 15.0. The Morgan fingerprint density at radius 1 is 0.806 bits per heavy atom. The van der Waals surface area contributed by atoms with Crippen LogP contribution in [0.2, 0.25) is 0 Å². The fourth-order valence-corrected chi connectivity index (χ4v) is 4.87. The van der Waals surface area contributed by atoms with Gasteiger partial charge in [0.25, 0.3) is 0 Å². The Morgan fingerprint density at radius 2 is 1.33 bits per heavy atom. The predicted molar refractivity (Wildman–Crippen MR) is 138 cm³/mol. The Kier molecular flexibility index (Phi) is 8.31. The first-order valence-corrected chi connectivity index (χ1v) is 12.5. The normalized spacial score (nSPS) is 14.5. The van der Waals surface area contributed by atoms with Gasteiger partial charge in [-0.2, -0.15) is 0 Å². The topological polar surface area (TPSA) is 35.6 Å². The average molecular weight is 496 g/mol. The van der Waals surface area contributed by atoms with E-state index in [9.17, 15) is 13.6 Å². The molecular formula is C29H32F3N3O.